The molecule has 0 amide bonds. The van der Waals surface area contributed by atoms with Crippen LogP contribution in [0.4, 0.5) is 23.1 Å². The Morgan fingerprint density at radius 3 is 2.65 bits per heavy atom. The highest BCUT2D eigenvalue weighted by Gasteiger charge is 2.09. The zero-order valence-corrected chi connectivity index (χ0v) is 13.5. The van der Waals surface area contributed by atoms with E-state index < -0.39 is 0 Å². The average Bonchev–Trinajstić information content (AvgIpc) is 2.91. The monoisotopic (exact) mass is 329 g/mol. The van der Waals surface area contributed by atoms with Gasteiger partial charge in [0.25, 0.3) is 0 Å². The molecule has 4 N–H and O–H groups in total. The van der Waals surface area contributed by atoms with Gasteiger partial charge in [-0.05, 0) is 31.2 Å². The molecule has 0 fully saturated rings. The molecule has 2 heterocycles. The van der Waals surface area contributed by atoms with Gasteiger partial charge in [-0.25, -0.2) is 9.67 Å². The molecule has 3 rings (SSSR count). The molecule has 0 aliphatic carbocycles. The van der Waals surface area contributed by atoms with Crippen LogP contribution in [0.3, 0.4) is 0 Å². The van der Waals surface area contributed by atoms with Crippen LogP contribution >= 0.6 is 11.6 Å². The maximum absolute atomic E-state index is 5.91. The molecule has 0 spiro atoms. The number of rotatable bonds is 4. The fourth-order valence-corrected chi connectivity index (χ4v) is 2.21. The van der Waals surface area contributed by atoms with Crippen LogP contribution in [0.1, 0.15) is 5.69 Å². The van der Waals surface area contributed by atoms with Crippen molar-refractivity contribution in [2.24, 2.45) is 0 Å². The van der Waals surface area contributed by atoms with Gasteiger partial charge >= 0.3 is 0 Å². The highest BCUT2D eigenvalue weighted by molar-refractivity contribution is 6.30. The molecule has 0 aliphatic rings. The third-order valence-electron chi connectivity index (χ3n) is 3.29. The number of nitrogens with one attached hydrogen (secondary N) is 2. The number of nitrogens with two attached hydrogens (primary N) is 1. The second kappa shape index (κ2) is 6.13. The van der Waals surface area contributed by atoms with E-state index in [2.05, 4.69) is 25.7 Å². The van der Waals surface area contributed by atoms with Crippen LogP contribution in [0.25, 0.3) is 5.69 Å². The van der Waals surface area contributed by atoms with E-state index in [1.165, 1.54) is 0 Å². The molecule has 118 valence electrons. The smallest absolute Gasteiger partial charge is 0.229 e. The second-order valence-corrected chi connectivity index (χ2v) is 5.36. The van der Waals surface area contributed by atoms with Crippen LogP contribution in [0.2, 0.25) is 5.02 Å². The van der Waals surface area contributed by atoms with Crippen molar-refractivity contribution in [2.75, 3.05) is 23.4 Å². The van der Waals surface area contributed by atoms with Crippen molar-refractivity contribution in [1.82, 2.24) is 19.7 Å². The lowest BCUT2D eigenvalue weighted by Crippen LogP contribution is -2.04. The van der Waals surface area contributed by atoms with Gasteiger partial charge in [-0.3, -0.25) is 0 Å². The molecule has 7 nitrogen and oxygen atoms in total. The summed E-state index contributed by atoms with van der Waals surface area (Å²) in [5.41, 5.74) is 8.82. The minimum absolute atomic E-state index is 0.447. The summed E-state index contributed by atoms with van der Waals surface area (Å²) in [4.78, 5) is 8.48. The Hall–Kier alpha value is -2.80. The van der Waals surface area contributed by atoms with Gasteiger partial charge in [-0.1, -0.05) is 11.6 Å². The van der Waals surface area contributed by atoms with Crippen molar-refractivity contribution in [3.63, 3.8) is 0 Å². The average molecular weight is 330 g/mol. The fraction of sp³-hybridized carbons (Fsp3) is 0.133. The normalized spacial score (nSPS) is 10.6. The van der Waals surface area contributed by atoms with Gasteiger partial charge in [0, 0.05) is 12.1 Å². The van der Waals surface area contributed by atoms with Crippen LogP contribution < -0.4 is 16.4 Å². The van der Waals surface area contributed by atoms with Gasteiger partial charge in [-0.15, -0.1) is 0 Å². The summed E-state index contributed by atoms with van der Waals surface area (Å²) in [5.74, 6) is 1.02. The first-order chi connectivity index (χ1) is 11.1. The zero-order chi connectivity index (χ0) is 16.4. The Morgan fingerprint density at radius 2 is 1.96 bits per heavy atom. The fourth-order valence-electron chi connectivity index (χ4n) is 2.08. The minimum Gasteiger partial charge on any atom is -0.394 e. The number of aryl methyl sites for hydroxylation is 1. The summed E-state index contributed by atoms with van der Waals surface area (Å²) < 4.78 is 1.77. The van der Waals surface area contributed by atoms with Crippen LogP contribution in [0, 0.1) is 6.92 Å². The SMILES string of the molecule is CNc1nc(Nc2cn(-c3ccc(Cl)cc3)nc2C)ncc1N. The maximum atomic E-state index is 5.91. The molecule has 23 heavy (non-hydrogen) atoms. The van der Waals surface area contributed by atoms with E-state index >= 15 is 0 Å². The van der Waals surface area contributed by atoms with Gasteiger partial charge < -0.3 is 16.4 Å². The van der Waals surface area contributed by atoms with Crippen LogP contribution in [-0.2, 0) is 0 Å². The topological polar surface area (TPSA) is 93.7 Å². The van der Waals surface area contributed by atoms with Crippen LogP contribution in [0.5, 0.6) is 0 Å². The number of halogens is 1. The lowest BCUT2D eigenvalue weighted by Gasteiger charge is -2.07. The first-order valence-electron chi connectivity index (χ1n) is 6.96. The summed E-state index contributed by atoms with van der Waals surface area (Å²) in [6.07, 6.45) is 3.43. The lowest BCUT2D eigenvalue weighted by atomic mass is 10.3. The highest BCUT2D eigenvalue weighted by Crippen LogP contribution is 2.22. The molecule has 0 bridgehead atoms. The molecule has 8 heteroatoms. The molecule has 3 aromatic rings. The largest absolute Gasteiger partial charge is 0.394 e. The Labute approximate surface area is 138 Å². The quantitative estimate of drug-likeness (QED) is 0.681. The molecule has 0 radical (unpaired) electrons. The number of aromatic nitrogens is 4. The number of nitrogen functional groups attached to an aromatic ring is 1. The molecular formula is C15H16ClN7. The Kier molecular flexibility index (Phi) is 4.03. The first-order valence-corrected chi connectivity index (χ1v) is 7.34. The lowest BCUT2D eigenvalue weighted by molar-refractivity contribution is 0.863. The van der Waals surface area contributed by atoms with E-state index in [4.69, 9.17) is 17.3 Å². The predicted octanol–water partition coefficient (Wildman–Crippen LogP) is 2.99. The third-order valence-corrected chi connectivity index (χ3v) is 3.54. The summed E-state index contributed by atoms with van der Waals surface area (Å²) in [6.45, 7) is 1.91. The molecule has 2 aromatic heterocycles. The third kappa shape index (κ3) is 3.19. The van der Waals surface area contributed by atoms with Crippen molar-refractivity contribution in [3.8, 4) is 5.69 Å². The standard InChI is InChI=1S/C15H16ClN7/c1-9-13(20-15-19-7-12(17)14(18-2)21-15)8-23(22-9)11-5-3-10(16)4-6-11/h3-8H,17H2,1-2H3,(H2,18,19,20,21). The summed E-state index contributed by atoms with van der Waals surface area (Å²) >= 11 is 5.91. The molecule has 0 atom stereocenters. The first kappa shape index (κ1) is 15.1. The molecule has 0 saturated carbocycles. The number of hydrogen-bond acceptors (Lipinski definition) is 6. The van der Waals surface area contributed by atoms with E-state index in [-0.39, 0.29) is 0 Å². The minimum atomic E-state index is 0.447. The Bertz CT molecular complexity index is 826. The number of hydrogen-bond donors (Lipinski definition) is 3. The highest BCUT2D eigenvalue weighted by atomic mass is 35.5. The predicted molar refractivity (Wildman–Crippen MR) is 92.6 cm³/mol. The van der Waals surface area contributed by atoms with E-state index in [9.17, 15) is 0 Å². The number of nitrogens with zero attached hydrogens (tertiary/aromatic N) is 4. The molecule has 0 aliphatic heterocycles. The van der Waals surface area contributed by atoms with Gasteiger partial charge in [0.2, 0.25) is 5.95 Å². The Morgan fingerprint density at radius 1 is 1.22 bits per heavy atom. The molecule has 1 aromatic carbocycles. The van der Waals surface area contributed by atoms with Gasteiger partial charge in [0.05, 0.1) is 35.1 Å². The van der Waals surface area contributed by atoms with Crippen LogP contribution in [-0.4, -0.2) is 26.8 Å². The van der Waals surface area contributed by atoms with E-state index in [1.54, 1.807) is 17.9 Å². The second-order valence-electron chi connectivity index (χ2n) is 4.92. The summed E-state index contributed by atoms with van der Waals surface area (Å²) in [7, 11) is 1.76. The van der Waals surface area contributed by atoms with Crippen molar-refractivity contribution < 1.29 is 0 Å². The Balaban J connectivity index is 1.88. The van der Waals surface area contributed by atoms with E-state index in [0.717, 1.165) is 17.1 Å². The zero-order valence-electron chi connectivity index (χ0n) is 12.7. The van der Waals surface area contributed by atoms with Gasteiger partial charge in [0.1, 0.15) is 0 Å². The molecule has 0 saturated heterocycles. The van der Waals surface area contributed by atoms with Crippen LogP contribution in [0.15, 0.2) is 36.7 Å². The number of anilines is 4. The van der Waals surface area contributed by atoms with Gasteiger partial charge in [-0.2, -0.15) is 10.1 Å². The van der Waals surface area contributed by atoms with Crippen molar-refractivity contribution >= 4 is 34.7 Å². The maximum Gasteiger partial charge on any atom is 0.229 e. The van der Waals surface area contributed by atoms with E-state index in [1.807, 2.05) is 37.4 Å². The van der Waals surface area contributed by atoms with Crippen molar-refractivity contribution in [1.29, 1.82) is 0 Å². The van der Waals surface area contributed by atoms with Crippen molar-refractivity contribution in [3.05, 3.63) is 47.4 Å². The number of benzene rings is 1. The molecule has 0 unspecified atom stereocenters. The summed E-state index contributed by atoms with van der Waals surface area (Å²) in [6, 6.07) is 7.45. The molecular weight excluding hydrogens is 314 g/mol. The van der Waals surface area contributed by atoms with Crippen molar-refractivity contribution in [2.45, 2.75) is 6.92 Å². The van der Waals surface area contributed by atoms with Gasteiger partial charge in [0.15, 0.2) is 5.82 Å². The van der Waals surface area contributed by atoms with E-state index in [0.29, 0.717) is 22.5 Å². The summed E-state index contributed by atoms with van der Waals surface area (Å²) in [5, 5.41) is 11.2.